The second-order valence-electron chi connectivity index (χ2n) is 5.82. The smallest absolute Gasteiger partial charge is 0.248 e. The second kappa shape index (κ2) is 10.6. The second-order valence-corrected chi connectivity index (χ2v) is 5.82. The summed E-state index contributed by atoms with van der Waals surface area (Å²) in [7, 11) is 1.56. The molecule has 2 aromatic carbocycles. The van der Waals surface area contributed by atoms with E-state index in [-0.39, 0.29) is 11.8 Å². The van der Waals surface area contributed by atoms with E-state index >= 15 is 0 Å². The molecule has 6 heteroatoms. The Bertz CT molecular complexity index is 875. The first kappa shape index (κ1) is 20.8. The van der Waals surface area contributed by atoms with Crippen molar-refractivity contribution >= 4 is 29.3 Å². The maximum absolute atomic E-state index is 12.2. The summed E-state index contributed by atoms with van der Waals surface area (Å²) in [6.45, 7) is 5.77. The van der Waals surface area contributed by atoms with Gasteiger partial charge in [-0.1, -0.05) is 31.7 Å². The number of amides is 2. The first-order valence-electron chi connectivity index (χ1n) is 8.86. The lowest BCUT2D eigenvalue weighted by atomic mass is 10.2. The molecule has 0 atom stereocenters. The van der Waals surface area contributed by atoms with E-state index in [9.17, 15) is 9.59 Å². The first-order chi connectivity index (χ1) is 13.5. The number of benzene rings is 2. The van der Waals surface area contributed by atoms with Crippen molar-refractivity contribution in [3.63, 3.8) is 0 Å². The molecule has 0 unspecified atom stereocenters. The highest BCUT2D eigenvalue weighted by atomic mass is 16.5. The van der Waals surface area contributed by atoms with E-state index in [0.717, 1.165) is 5.56 Å². The minimum atomic E-state index is -0.287. The molecule has 0 aliphatic rings. The molecular weight excluding hydrogens is 356 g/mol. The highest BCUT2D eigenvalue weighted by Gasteiger charge is 2.05. The first-order valence-corrected chi connectivity index (χ1v) is 8.86. The van der Waals surface area contributed by atoms with E-state index in [1.807, 2.05) is 6.07 Å². The van der Waals surface area contributed by atoms with Crippen LogP contribution in [0.3, 0.4) is 0 Å². The minimum absolute atomic E-state index is 0.0853. The number of methoxy groups -OCH3 is 1. The van der Waals surface area contributed by atoms with Crippen molar-refractivity contribution in [1.82, 2.24) is 0 Å². The number of nitrogens with one attached hydrogen (secondary N) is 2. The van der Waals surface area contributed by atoms with Crippen molar-refractivity contribution in [2.75, 3.05) is 24.4 Å². The van der Waals surface area contributed by atoms with Crippen molar-refractivity contribution in [3.05, 3.63) is 66.8 Å². The zero-order valence-electron chi connectivity index (χ0n) is 16.0. The predicted molar refractivity (Wildman–Crippen MR) is 112 cm³/mol. The summed E-state index contributed by atoms with van der Waals surface area (Å²) in [4.78, 5) is 23.7. The summed E-state index contributed by atoms with van der Waals surface area (Å²) < 4.78 is 10.8. The molecule has 0 saturated carbocycles. The fourth-order valence-corrected chi connectivity index (χ4v) is 2.34. The van der Waals surface area contributed by atoms with E-state index in [0.29, 0.717) is 35.9 Å². The van der Waals surface area contributed by atoms with Gasteiger partial charge in [0.15, 0.2) is 11.5 Å². The van der Waals surface area contributed by atoms with E-state index in [1.165, 1.54) is 6.08 Å². The summed E-state index contributed by atoms with van der Waals surface area (Å²) in [6.07, 6.45) is 5.15. The monoisotopic (exact) mass is 380 g/mol. The molecule has 2 aromatic rings. The van der Waals surface area contributed by atoms with Crippen LogP contribution in [0, 0.1) is 0 Å². The van der Waals surface area contributed by atoms with Crippen molar-refractivity contribution < 1.29 is 19.1 Å². The molecular formula is C22H24N2O4. The number of hydrogen-bond donors (Lipinski definition) is 2. The van der Waals surface area contributed by atoms with Gasteiger partial charge in [0.05, 0.1) is 7.11 Å². The molecule has 2 amide bonds. The molecule has 0 heterocycles. The van der Waals surface area contributed by atoms with Crippen LogP contribution in [-0.4, -0.2) is 25.5 Å². The number of carbonyl (C=O) groups is 2. The van der Waals surface area contributed by atoms with Crippen LogP contribution in [0.5, 0.6) is 11.5 Å². The lowest BCUT2D eigenvalue weighted by Crippen LogP contribution is -2.11. The summed E-state index contributed by atoms with van der Waals surface area (Å²) >= 11 is 0. The maximum atomic E-state index is 12.2. The molecule has 0 bridgehead atoms. The normalized spacial score (nSPS) is 10.4. The van der Waals surface area contributed by atoms with E-state index in [2.05, 4.69) is 17.2 Å². The number of ether oxygens (including phenoxy) is 2. The van der Waals surface area contributed by atoms with Gasteiger partial charge in [-0.2, -0.15) is 0 Å². The minimum Gasteiger partial charge on any atom is -0.493 e. The highest BCUT2D eigenvalue weighted by Crippen LogP contribution is 2.28. The van der Waals surface area contributed by atoms with Gasteiger partial charge in [0, 0.05) is 23.9 Å². The van der Waals surface area contributed by atoms with Crippen LogP contribution in [0.1, 0.15) is 18.9 Å². The molecule has 0 radical (unpaired) electrons. The molecule has 28 heavy (non-hydrogen) atoms. The third kappa shape index (κ3) is 6.32. The number of rotatable bonds is 9. The van der Waals surface area contributed by atoms with E-state index in [1.54, 1.807) is 62.6 Å². The Morgan fingerprint density at radius 1 is 1.07 bits per heavy atom. The largest absolute Gasteiger partial charge is 0.493 e. The Morgan fingerprint density at radius 3 is 2.50 bits per heavy atom. The topological polar surface area (TPSA) is 76.7 Å². The highest BCUT2D eigenvalue weighted by molar-refractivity contribution is 6.02. The zero-order chi connectivity index (χ0) is 20.4. The lowest BCUT2D eigenvalue weighted by molar-refractivity contribution is -0.116. The Balaban J connectivity index is 2.02. The summed E-state index contributed by atoms with van der Waals surface area (Å²) in [5, 5.41) is 5.52. The number of hydrogen-bond acceptors (Lipinski definition) is 4. The molecule has 0 aliphatic carbocycles. The molecule has 0 fully saturated rings. The van der Waals surface area contributed by atoms with Crippen LogP contribution < -0.4 is 20.1 Å². The van der Waals surface area contributed by atoms with Gasteiger partial charge in [0.1, 0.15) is 6.61 Å². The molecule has 0 spiro atoms. The predicted octanol–water partition coefficient (Wildman–Crippen LogP) is 4.26. The average Bonchev–Trinajstić information content (AvgIpc) is 2.71. The quantitative estimate of drug-likeness (QED) is 0.503. The SMILES string of the molecule is C=CCOc1ccc(/C=C/C(=O)Nc2cccc(NC(=O)CC)c2)cc1OC. The van der Waals surface area contributed by atoms with Crippen molar-refractivity contribution in [2.24, 2.45) is 0 Å². The summed E-state index contributed by atoms with van der Waals surface area (Å²) in [6, 6.07) is 12.4. The number of anilines is 2. The van der Waals surface area contributed by atoms with Gasteiger partial charge in [0.2, 0.25) is 11.8 Å². The molecule has 2 N–H and O–H groups in total. The van der Waals surface area contributed by atoms with Crippen LogP contribution >= 0.6 is 0 Å². The fourth-order valence-electron chi connectivity index (χ4n) is 2.34. The van der Waals surface area contributed by atoms with Crippen LogP contribution in [0.4, 0.5) is 11.4 Å². The molecule has 6 nitrogen and oxygen atoms in total. The standard InChI is InChI=1S/C22H24N2O4/c1-4-13-28-19-11-9-16(14-20(19)27-3)10-12-22(26)24-18-8-6-7-17(15-18)23-21(25)5-2/h4,6-12,14-15H,1,5,13H2,2-3H3,(H,23,25)(H,24,26)/b12-10+. The summed E-state index contributed by atoms with van der Waals surface area (Å²) in [5.41, 5.74) is 2.02. The van der Waals surface area contributed by atoms with Crippen molar-refractivity contribution in [3.8, 4) is 11.5 Å². The van der Waals surface area contributed by atoms with Crippen LogP contribution in [0.2, 0.25) is 0 Å². The fraction of sp³-hybridized carbons (Fsp3) is 0.182. The Hall–Kier alpha value is -3.54. The summed E-state index contributed by atoms with van der Waals surface area (Å²) in [5.74, 6) is 0.807. The van der Waals surface area contributed by atoms with Gasteiger partial charge in [-0.25, -0.2) is 0 Å². The third-order valence-corrected chi connectivity index (χ3v) is 3.71. The molecule has 0 aromatic heterocycles. The van der Waals surface area contributed by atoms with E-state index in [4.69, 9.17) is 9.47 Å². The van der Waals surface area contributed by atoms with Crippen LogP contribution in [0.25, 0.3) is 6.08 Å². The van der Waals surface area contributed by atoms with Crippen molar-refractivity contribution in [2.45, 2.75) is 13.3 Å². The van der Waals surface area contributed by atoms with Gasteiger partial charge in [-0.3, -0.25) is 9.59 Å². The Morgan fingerprint density at radius 2 is 1.82 bits per heavy atom. The maximum Gasteiger partial charge on any atom is 0.248 e. The van der Waals surface area contributed by atoms with E-state index < -0.39 is 0 Å². The van der Waals surface area contributed by atoms with Gasteiger partial charge in [-0.15, -0.1) is 0 Å². The molecule has 0 saturated heterocycles. The molecule has 146 valence electrons. The third-order valence-electron chi connectivity index (χ3n) is 3.71. The van der Waals surface area contributed by atoms with Gasteiger partial charge in [0.25, 0.3) is 0 Å². The Labute approximate surface area is 164 Å². The van der Waals surface area contributed by atoms with Crippen LogP contribution in [-0.2, 0) is 9.59 Å². The van der Waals surface area contributed by atoms with Crippen LogP contribution in [0.15, 0.2) is 61.2 Å². The van der Waals surface area contributed by atoms with Crippen molar-refractivity contribution in [1.29, 1.82) is 0 Å². The van der Waals surface area contributed by atoms with Gasteiger partial charge < -0.3 is 20.1 Å². The zero-order valence-corrected chi connectivity index (χ0v) is 16.0. The molecule has 0 aliphatic heterocycles. The van der Waals surface area contributed by atoms with Gasteiger partial charge in [-0.05, 0) is 42.0 Å². The lowest BCUT2D eigenvalue weighted by Gasteiger charge is -2.09. The Kier molecular flexibility index (Phi) is 7.84. The average molecular weight is 380 g/mol. The number of carbonyl (C=O) groups excluding carboxylic acids is 2. The van der Waals surface area contributed by atoms with Gasteiger partial charge >= 0.3 is 0 Å². The molecule has 2 rings (SSSR count).